The molecule has 0 aliphatic rings. The third-order valence-corrected chi connectivity index (χ3v) is 4.88. The molecule has 1 amide bonds. The fourth-order valence-corrected chi connectivity index (χ4v) is 3.42. The number of thioether (sulfide) groups is 1. The van der Waals surface area contributed by atoms with Crippen LogP contribution in [-0.2, 0) is 5.75 Å². The van der Waals surface area contributed by atoms with Gasteiger partial charge >= 0.3 is 0 Å². The fraction of sp³-hybridized carbons (Fsp3) is 0.200. The standard InChI is InChI=1S/C20H20N2O4S/c1-13-8-17(26-22-13)12-27-19-7-5-4-6-18(19)20(23)21-14-9-15(24-2)11-16(10-14)25-3/h4-11H,12H2,1-3H3,(H,21,23). The molecule has 0 atom stereocenters. The number of aryl methyl sites for hydroxylation is 1. The molecule has 0 bridgehead atoms. The van der Waals surface area contributed by atoms with Crippen LogP contribution in [0.2, 0.25) is 0 Å². The van der Waals surface area contributed by atoms with Gasteiger partial charge in [0.05, 0.1) is 31.2 Å². The highest BCUT2D eigenvalue weighted by molar-refractivity contribution is 7.98. The summed E-state index contributed by atoms with van der Waals surface area (Å²) >= 11 is 1.52. The topological polar surface area (TPSA) is 73.6 Å². The molecule has 3 aromatic rings. The van der Waals surface area contributed by atoms with E-state index in [9.17, 15) is 4.79 Å². The molecule has 1 aromatic heterocycles. The van der Waals surface area contributed by atoms with Crippen molar-refractivity contribution in [2.24, 2.45) is 0 Å². The van der Waals surface area contributed by atoms with Gasteiger partial charge in [-0.25, -0.2) is 0 Å². The van der Waals surface area contributed by atoms with Gasteiger partial charge in [0.2, 0.25) is 0 Å². The van der Waals surface area contributed by atoms with Crippen molar-refractivity contribution in [3.05, 3.63) is 65.5 Å². The predicted octanol–water partition coefficient (Wildman–Crippen LogP) is 4.54. The molecule has 1 heterocycles. The second kappa shape index (κ2) is 8.64. The molecule has 0 saturated carbocycles. The first-order valence-electron chi connectivity index (χ1n) is 8.27. The van der Waals surface area contributed by atoms with Gasteiger partial charge in [-0.3, -0.25) is 4.79 Å². The first-order valence-corrected chi connectivity index (χ1v) is 9.26. The van der Waals surface area contributed by atoms with Crippen LogP contribution in [0.25, 0.3) is 0 Å². The van der Waals surface area contributed by atoms with Crippen LogP contribution in [0, 0.1) is 6.92 Å². The van der Waals surface area contributed by atoms with E-state index in [1.54, 1.807) is 38.5 Å². The molecule has 140 valence electrons. The van der Waals surface area contributed by atoms with E-state index >= 15 is 0 Å². The van der Waals surface area contributed by atoms with Gasteiger partial charge in [0.15, 0.2) is 0 Å². The predicted molar refractivity (Wildman–Crippen MR) is 105 cm³/mol. The summed E-state index contributed by atoms with van der Waals surface area (Å²) in [6.07, 6.45) is 0. The Hall–Kier alpha value is -2.93. The summed E-state index contributed by atoms with van der Waals surface area (Å²) in [5.41, 5.74) is 2.02. The molecule has 0 saturated heterocycles. The second-order valence-corrected chi connectivity index (χ2v) is 6.79. The van der Waals surface area contributed by atoms with Gasteiger partial charge in [0, 0.05) is 34.8 Å². The number of methoxy groups -OCH3 is 2. The van der Waals surface area contributed by atoms with Gasteiger partial charge in [0.25, 0.3) is 5.91 Å². The number of benzene rings is 2. The molecule has 0 aliphatic heterocycles. The zero-order valence-corrected chi connectivity index (χ0v) is 16.1. The van der Waals surface area contributed by atoms with Crippen LogP contribution in [-0.4, -0.2) is 25.3 Å². The zero-order valence-electron chi connectivity index (χ0n) is 15.3. The number of carbonyl (C=O) groups is 1. The van der Waals surface area contributed by atoms with Crippen molar-refractivity contribution in [3.63, 3.8) is 0 Å². The summed E-state index contributed by atoms with van der Waals surface area (Å²) in [6, 6.07) is 14.6. The van der Waals surface area contributed by atoms with Gasteiger partial charge < -0.3 is 19.3 Å². The van der Waals surface area contributed by atoms with Crippen molar-refractivity contribution in [1.29, 1.82) is 0 Å². The molecule has 3 rings (SSSR count). The Labute approximate surface area is 161 Å². The number of ether oxygens (including phenoxy) is 2. The Morgan fingerprint density at radius 1 is 1.11 bits per heavy atom. The molecule has 1 N–H and O–H groups in total. The number of anilines is 1. The van der Waals surface area contributed by atoms with Gasteiger partial charge in [-0.2, -0.15) is 0 Å². The normalized spacial score (nSPS) is 10.5. The molecule has 0 aliphatic carbocycles. The number of nitrogens with one attached hydrogen (secondary N) is 1. The average Bonchev–Trinajstić information content (AvgIpc) is 3.11. The third-order valence-electron chi connectivity index (χ3n) is 3.79. The van der Waals surface area contributed by atoms with Crippen molar-refractivity contribution in [2.45, 2.75) is 17.6 Å². The number of aromatic nitrogens is 1. The van der Waals surface area contributed by atoms with Gasteiger partial charge in [-0.15, -0.1) is 11.8 Å². The number of rotatable bonds is 7. The summed E-state index contributed by atoms with van der Waals surface area (Å²) in [7, 11) is 3.13. The molecule has 7 heteroatoms. The number of hydrogen-bond donors (Lipinski definition) is 1. The lowest BCUT2D eigenvalue weighted by Crippen LogP contribution is -2.13. The smallest absolute Gasteiger partial charge is 0.256 e. The Bertz CT molecular complexity index is 917. The zero-order chi connectivity index (χ0) is 19.2. The minimum atomic E-state index is -0.206. The number of hydrogen-bond acceptors (Lipinski definition) is 6. The lowest BCUT2D eigenvalue weighted by molar-refractivity contribution is 0.102. The lowest BCUT2D eigenvalue weighted by Gasteiger charge is -2.12. The number of carbonyl (C=O) groups excluding carboxylic acids is 1. The van der Waals surface area contributed by atoms with Crippen LogP contribution in [0.1, 0.15) is 21.8 Å². The van der Waals surface area contributed by atoms with Crippen molar-refractivity contribution < 1.29 is 18.8 Å². The summed E-state index contributed by atoms with van der Waals surface area (Å²) in [5, 5.41) is 6.79. The van der Waals surface area contributed by atoms with E-state index in [2.05, 4.69) is 10.5 Å². The van der Waals surface area contributed by atoms with Crippen molar-refractivity contribution in [1.82, 2.24) is 5.16 Å². The van der Waals surface area contributed by atoms with E-state index in [1.807, 2.05) is 31.2 Å². The molecule has 0 radical (unpaired) electrons. The maximum atomic E-state index is 12.8. The lowest BCUT2D eigenvalue weighted by atomic mass is 10.2. The highest BCUT2D eigenvalue weighted by atomic mass is 32.2. The second-order valence-electron chi connectivity index (χ2n) is 5.77. The summed E-state index contributed by atoms with van der Waals surface area (Å²) in [5.74, 6) is 2.37. The Kier molecular flexibility index (Phi) is 6.03. The van der Waals surface area contributed by atoms with Crippen LogP contribution < -0.4 is 14.8 Å². The highest BCUT2D eigenvalue weighted by Crippen LogP contribution is 2.29. The van der Waals surface area contributed by atoms with E-state index in [0.29, 0.717) is 28.5 Å². The monoisotopic (exact) mass is 384 g/mol. The van der Waals surface area contributed by atoms with E-state index in [-0.39, 0.29) is 5.91 Å². The molecule has 6 nitrogen and oxygen atoms in total. The van der Waals surface area contributed by atoms with E-state index in [0.717, 1.165) is 16.3 Å². The van der Waals surface area contributed by atoms with Crippen molar-refractivity contribution >= 4 is 23.4 Å². The van der Waals surface area contributed by atoms with Gasteiger partial charge in [-0.1, -0.05) is 17.3 Å². The molecule has 0 fully saturated rings. The first-order chi connectivity index (χ1) is 13.1. The number of nitrogens with zero attached hydrogens (tertiary/aromatic N) is 1. The van der Waals surface area contributed by atoms with Crippen LogP contribution in [0.4, 0.5) is 5.69 Å². The van der Waals surface area contributed by atoms with Gasteiger partial charge in [0.1, 0.15) is 17.3 Å². The van der Waals surface area contributed by atoms with Gasteiger partial charge in [-0.05, 0) is 19.1 Å². The quantitative estimate of drug-likeness (QED) is 0.603. The highest BCUT2D eigenvalue weighted by Gasteiger charge is 2.14. The maximum absolute atomic E-state index is 12.8. The number of amides is 1. The third kappa shape index (κ3) is 4.83. The fourth-order valence-electron chi connectivity index (χ4n) is 2.49. The summed E-state index contributed by atoms with van der Waals surface area (Å²) in [4.78, 5) is 13.7. The molecular formula is C20H20N2O4S. The Morgan fingerprint density at radius 2 is 1.81 bits per heavy atom. The average molecular weight is 384 g/mol. The largest absolute Gasteiger partial charge is 0.497 e. The first kappa shape index (κ1) is 18.8. The summed E-state index contributed by atoms with van der Waals surface area (Å²) < 4.78 is 15.7. The Morgan fingerprint density at radius 3 is 2.44 bits per heavy atom. The van der Waals surface area contributed by atoms with E-state index < -0.39 is 0 Å². The minimum Gasteiger partial charge on any atom is -0.497 e. The van der Waals surface area contributed by atoms with Crippen molar-refractivity contribution in [3.8, 4) is 11.5 Å². The maximum Gasteiger partial charge on any atom is 0.256 e. The van der Waals surface area contributed by atoms with Crippen LogP contribution in [0.3, 0.4) is 0 Å². The molecule has 27 heavy (non-hydrogen) atoms. The Balaban J connectivity index is 1.77. The molecule has 0 unspecified atom stereocenters. The molecule has 0 spiro atoms. The SMILES string of the molecule is COc1cc(NC(=O)c2ccccc2SCc2cc(C)no2)cc(OC)c1. The van der Waals surface area contributed by atoms with Crippen LogP contribution in [0.15, 0.2) is 57.9 Å². The van der Waals surface area contributed by atoms with E-state index in [4.69, 9.17) is 14.0 Å². The molecular weight excluding hydrogens is 364 g/mol. The summed E-state index contributed by atoms with van der Waals surface area (Å²) in [6.45, 7) is 1.88. The van der Waals surface area contributed by atoms with Crippen LogP contribution >= 0.6 is 11.8 Å². The van der Waals surface area contributed by atoms with Crippen molar-refractivity contribution in [2.75, 3.05) is 19.5 Å². The minimum absolute atomic E-state index is 0.206. The van der Waals surface area contributed by atoms with E-state index in [1.165, 1.54) is 11.8 Å². The molecule has 2 aromatic carbocycles. The van der Waals surface area contributed by atoms with Crippen LogP contribution in [0.5, 0.6) is 11.5 Å².